The molecule has 1 fully saturated rings. The zero-order valence-corrected chi connectivity index (χ0v) is 12.7. The molecule has 1 aromatic carbocycles. The smallest absolute Gasteiger partial charge is 0.304 e. The molecule has 21 heavy (non-hydrogen) atoms. The standard InChI is InChI=1S/C14H19N3O3S/c1-21-14(7-2-3-8-14)9-16-13(18)10-5-4-6-11(15)12(10)17(19)20/h4-6H,2-3,7-9,15H2,1H3,(H,16,18). The highest BCUT2D eigenvalue weighted by molar-refractivity contribution is 8.00. The van der Waals surface area contributed by atoms with Gasteiger partial charge in [0.1, 0.15) is 11.3 Å². The second kappa shape index (κ2) is 6.34. The predicted octanol–water partition coefficient (Wildman–Crippen LogP) is 2.58. The maximum atomic E-state index is 12.3. The summed E-state index contributed by atoms with van der Waals surface area (Å²) >= 11 is 1.76. The topological polar surface area (TPSA) is 98.3 Å². The first-order valence-electron chi connectivity index (χ1n) is 6.85. The minimum atomic E-state index is -0.607. The van der Waals surface area contributed by atoms with E-state index in [0.29, 0.717) is 6.54 Å². The summed E-state index contributed by atoms with van der Waals surface area (Å²) in [5.41, 5.74) is 5.31. The zero-order chi connectivity index (χ0) is 15.5. The van der Waals surface area contributed by atoms with Gasteiger partial charge in [-0.3, -0.25) is 14.9 Å². The normalized spacial score (nSPS) is 16.6. The first-order chi connectivity index (χ1) is 9.99. The number of nitro groups is 1. The van der Waals surface area contributed by atoms with Crippen molar-refractivity contribution < 1.29 is 9.72 Å². The molecule has 0 aliphatic heterocycles. The van der Waals surface area contributed by atoms with Crippen LogP contribution in [-0.4, -0.2) is 28.4 Å². The lowest BCUT2D eigenvalue weighted by atomic mass is 10.1. The molecule has 6 nitrogen and oxygen atoms in total. The molecule has 0 saturated heterocycles. The Morgan fingerprint density at radius 1 is 1.48 bits per heavy atom. The number of para-hydroxylation sites is 1. The van der Waals surface area contributed by atoms with Crippen molar-refractivity contribution in [2.75, 3.05) is 18.5 Å². The van der Waals surface area contributed by atoms with Crippen molar-refractivity contribution in [1.82, 2.24) is 5.32 Å². The van der Waals surface area contributed by atoms with E-state index in [-0.39, 0.29) is 21.7 Å². The summed E-state index contributed by atoms with van der Waals surface area (Å²) in [7, 11) is 0. The van der Waals surface area contributed by atoms with Crippen molar-refractivity contribution in [2.24, 2.45) is 0 Å². The fourth-order valence-electron chi connectivity index (χ4n) is 2.76. The number of thioether (sulfide) groups is 1. The van der Waals surface area contributed by atoms with Gasteiger partial charge >= 0.3 is 5.69 Å². The lowest BCUT2D eigenvalue weighted by molar-refractivity contribution is -0.384. The van der Waals surface area contributed by atoms with Crippen LogP contribution in [0.2, 0.25) is 0 Å². The number of nitro benzene ring substituents is 1. The molecule has 3 N–H and O–H groups in total. The minimum Gasteiger partial charge on any atom is -0.393 e. The average Bonchev–Trinajstić information content (AvgIpc) is 2.93. The van der Waals surface area contributed by atoms with Gasteiger partial charge in [-0.05, 0) is 31.2 Å². The Balaban J connectivity index is 2.14. The van der Waals surface area contributed by atoms with Gasteiger partial charge in [-0.25, -0.2) is 0 Å². The van der Waals surface area contributed by atoms with Gasteiger partial charge in [0.25, 0.3) is 5.91 Å². The van der Waals surface area contributed by atoms with Gasteiger partial charge in [0, 0.05) is 11.3 Å². The highest BCUT2D eigenvalue weighted by Gasteiger charge is 2.34. The van der Waals surface area contributed by atoms with E-state index in [2.05, 4.69) is 5.32 Å². The Kier molecular flexibility index (Phi) is 4.72. The Hall–Kier alpha value is -1.76. The summed E-state index contributed by atoms with van der Waals surface area (Å²) in [5, 5.41) is 13.9. The summed E-state index contributed by atoms with van der Waals surface area (Å²) in [6.07, 6.45) is 6.49. The number of carbonyl (C=O) groups excluding carboxylic acids is 1. The molecule has 1 aliphatic carbocycles. The van der Waals surface area contributed by atoms with Crippen LogP contribution in [0.3, 0.4) is 0 Å². The molecular formula is C14H19N3O3S. The molecule has 0 radical (unpaired) electrons. The van der Waals surface area contributed by atoms with E-state index in [1.165, 1.54) is 12.1 Å². The highest BCUT2D eigenvalue weighted by atomic mass is 32.2. The van der Waals surface area contributed by atoms with Crippen LogP contribution in [0.25, 0.3) is 0 Å². The van der Waals surface area contributed by atoms with E-state index in [1.807, 2.05) is 6.26 Å². The summed E-state index contributed by atoms with van der Waals surface area (Å²) in [4.78, 5) is 22.7. The van der Waals surface area contributed by atoms with E-state index in [0.717, 1.165) is 25.7 Å². The number of nitrogens with two attached hydrogens (primary N) is 1. The fraction of sp³-hybridized carbons (Fsp3) is 0.500. The third-order valence-corrected chi connectivity index (χ3v) is 5.43. The summed E-state index contributed by atoms with van der Waals surface area (Å²) in [6, 6.07) is 4.41. The molecular weight excluding hydrogens is 290 g/mol. The maximum Gasteiger partial charge on any atom is 0.304 e. The summed E-state index contributed by atoms with van der Waals surface area (Å²) in [6.45, 7) is 0.527. The third-order valence-electron chi connectivity index (χ3n) is 4.01. The summed E-state index contributed by atoms with van der Waals surface area (Å²) in [5.74, 6) is -0.436. The Bertz CT molecular complexity index is 556. The van der Waals surface area contributed by atoms with E-state index >= 15 is 0 Å². The number of anilines is 1. The van der Waals surface area contributed by atoms with E-state index in [4.69, 9.17) is 5.73 Å². The molecule has 114 valence electrons. The number of nitrogens with one attached hydrogen (secondary N) is 1. The molecule has 0 atom stereocenters. The van der Waals surface area contributed by atoms with E-state index in [9.17, 15) is 14.9 Å². The van der Waals surface area contributed by atoms with Crippen LogP contribution in [0.15, 0.2) is 18.2 Å². The number of hydrogen-bond acceptors (Lipinski definition) is 5. The number of hydrogen-bond donors (Lipinski definition) is 2. The number of nitrogens with zero attached hydrogens (tertiary/aromatic N) is 1. The van der Waals surface area contributed by atoms with Crippen LogP contribution >= 0.6 is 11.8 Å². The molecule has 0 unspecified atom stereocenters. The van der Waals surface area contributed by atoms with E-state index < -0.39 is 10.8 Å². The first kappa shape index (κ1) is 15.6. The van der Waals surface area contributed by atoms with Crippen molar-refractivity contribution in [3.63, 3.8) is 0 Å². The Labute approximate surface area is 127 Å². The predicted molar refractivity (Wildman–Crippen MR) is 84.6 cm³/mol. The highest BCUT2D eigenvalue weighted by Crippen LogP contribution is 2.39. The van der Waals surface area contributed by atoms with E-state index in [1.54, 1.807) is 17.8 Å². The van der Waals surface area contributed by atoms with Crippen LogP contribution in [-0.2, 0) is 0 Å². The molecule has 0 heterocycles. The lowest BCUT2D eigenvalue weighted by Crippen LogP contribution is -2.38. The second-order valence-corrected chi connectivity index (χ2v) is 6.55. The van der Waals surface area contributed by atoms with Crippen LogP contribution in [0, 0.1) is 10.1 Å². The number of carbonyl (C=O) groups is 1. The van der Waals surface area contributed by atoms with Gasteiger partial charge in [0.15, 0.2) is 0 Å². The Morgan fingerprint density at radius 2 is 2.14 bits per heavy atom. The van der Waals surface area contributed by atoms with Crippen molar-refractivity contribution in [2.45, 2.75) is 30.4 Å². The lowest BCUT2D eigenvalue weighted by Gasteiger charge is -2.26. The molecule has 1 aliphatic rings. The van der Waals surface area contributed by atoms with Crippen LogP contribution < -0.4 is 11.1 Å². The Morgan fingerprint density at radius 3 is 2.71 bits per heavy atom. The van der Waals surface area contributed by atoms with Gasteiger partial charge in [-0.1, -0.05) is 18.9 Å². The summed E-state index contributed by atoms with van der Waals surface area (Å²) < 4.78 is 0.0603. The molecule has 0 spiro atoms. The van der Waals surface area contributed by atoms with Crippen molar-refractivity contribution in [1.29, 1.82) is 0 Å². The molecule has 1 saturated carbocycles. The molecule has 1 aromatic rings. The first-order valence-corrected chi connectivity index (χ1v) is 8.08. The number of amides is 1. The van der Waals surface area contributed by atoms with Crippen LogP contribution in [0.1, 0.15) is 36.0 Å². The van der Waals surface area contributed by atoms with Crippen molar-refractivity contribution >= 4 is 29.0 Å². The monoisotopic (exact) mass is 309 g/mol. The van der Waals surface area contributed by atoms with Gasteiger partial charge in [0.05, 0.1) is 4.92 Å². The van der Waals surface area contributed by atoms with Gasteiger partial charge < -0.3 is 11.1 Å². The zero-order valence-electron chi connectivity index (χ0n) is 11.9. The SMILES string of the molecule is CSC1(CNC(=O)c2cccc(N)c2[N+](=O)[O-])CCCC1. The van der Waals surface area contributed by atoms with Gasteiger partial charge in [-0.15, -0.1) is 0 Å². The minimum absolute atomic E-state index is 0.00750. The van der Waals surface area contributed by atoms with Gasteiger partial charge in [0.2, 0.25) is 0 Å². The number of nitrogen functional groups attached to an aromatic ring is 1. The molecule has 0 bridgehead atoms. The number of rotatable bonds is 5. The van der Waals surface area contributed by atoms with Crippen LogP contribution in [0.5, 0.6) is 0 Å². The molecule has 0 aromatic heterocycles. The van der Waals surface area contributed by atoms with Crippen LogP contribution in [0.4, 0.5) is 11.4 Å². The number of benzene rings is 1. The second-order valence-electron chi connectivity index (χ2n) is 5.28. The average molecular weight is 309 g/mol. The van der Waals surface area contributed by atoms with Crippen molar-refractivity contribution in [3.8, 4) is 0 Å². The third kappa shape index (κ3) is 3.29. The fourth-order valence-corrected chi connectivity index (χ4v) is 3.67. The molecule has 1 amide bonds. The van der Waals surface area contributed by atoms with Gasteiger partial charge in [-0.2, -0.15) is 11.8 Å². The largest absolute Gasteiger partial charge is 0.393 e. The maximum absolute atomic E-state index is 12.3. The van der Waals surface area contributed by atoms with Crippen molar-refractivity contribution in [3.05, 3.63) is 33.9 Å². The molecule has 7 heteroatoms. The quantitative estimate of drug-likeness (QED) is 0.495. The molecule has 2 rings (SSSR count).